The molecule has 0 radical (unpaired) electrons. The van der Waals surface area contributed by atoms with Gasteiger partial charge in [0.15, 0.2) is 10.9 Å². The van der Waals surface area contributed by atoms with Gasteiger partial charge in [-0.1, -0.05) is 11.8 Å². The Labute approximate surface area is 167 Å². The van der Waals surface area contributed by atoms with Gasteiger partial charge in [0.05, 0.1) is 31.9 Å². The van der Waals surface area contributed by atoms with Gasteiger partial charge in [-0.25, -0.2) is 0 Å². The van der Waals surface area contributed by atoms with Gasteiger partial charge < -0.3 is 19.2 Å². The quantitative estimate of drug-likeness (QED) is 0.572. The van der Waals surface area contributed by atoms with Crippen molar-refractivity contribution in [3.05, 3.63) is 36.6 Å². The molecule has 0 aliphatic carbocycles. The Kier molecular flexibility index (Phi) is 6.25. The van der Waals surface area contributed by atoms with Crippen molar-refractivity contribution >= 4 is 23.4 Å². The van der Waals surface area contributed by atoms with Crippen LogP contribution in [-0.2, 0) is 4.79 Å². The van der Waals surface area contributed by atoms with Crippen molar-refractivity contribution in [1.82, 2.24) is 14.8 Å². The Morgan fingerprint density at radius 2 is 2.07 bits per heavy atom. The largest absolute Gasteiger partial charge is 0.497 e. The molecule has 2 aromatic heterocycles. The number of anilines is 1. The van der Waals surface area contributed by atoms with Crippen LogP contribution in [-0.4, -0.2) is 40.6 Å². The molecule has 1 N–H and O–H groups in total. The summed E-state index contributed by atoms with van der Waals surface area (Å²) in [7, 11) is 3.12. The molecule has 2 heterocycles. The minimum absolute atomic E-state index is 0.113. The third-order valence-electron chi connectivity index (χ3n) is 3.94. The predicted molar refractivity (Wildman–Crippen MR) is 107 cm³/mol. The molecule has 0 aliphatic rings. The topological polar surface area (TPSA) is 91.4 Å². The summed E-state index contributed by atoms with van der Waals surface area (Å²) in [5.41, 5.74) is 0.579. The normalized spacial score (nSPS) is 10.9. The van der Waals surface area contributed by atoms with Gasteiger partial charge in [-0.3, -0.25) is 9.36 Å². The van der Waals surface area contributed by atoms with Gasteiger partial charge in [-0.2, -0.15) is 0 Å². The number of hydrogen-bond acceptors (Lipinski definition) is 7. The van der Waals surface area contributed by atoms with E-state index in [9.17, 15) is 4.79 Å². The molecule has 0 bridgehead atoms. The molecule has 148 valence electrons. The van der Waals surface area contributed by atoms with Crippen molar-refractivity contribution in [3.8, 4) is 23.1 Å². The molecular weight excluding hydrogens is 380 g/mol. The summed E-state index contributed by atoms with van der Waals surface area (Å²) in [6, 6.07) is 8.97. The van der Waals surface area contributed by atoms with E-state index in [0.29, 0.717) is 33.9 Å². The Bertz CT molecular complexity index is 938. The molecule has 9 heteroatoms. The second-order valence-electron chi connectivity index (χ2n) is 6.15. The highest BCUT2D eigenvalue weighted by Crippen LogP contribution is 2.30. The van der Waals surface area contributed by atoms with Gasteiger partial charge in [-0.15, -0.1) is 10.2 Å². The SMILES string of the molecule is COc1ccc(NC(=O)CSc2nnc(-c3ccco3)n2C(C)C)c(OC)c1. The summed E-state index contributed by atoms with van der Waals surface area (Å²) in [6.45, 7) is 4.06. The molecule has 28 heavy (non-hydrogen) atoms. The molecular formula is C19H22N4O4S. The van der Waals surface area contributed by atoms with Crippen LogP contribution >= 0.6 is 11.8 Å². The van der Waals surface area contributed by atoms with Crippen LogP contribution in [0.3, 0.4) is 0 Å². The second-order valence-corrected chi connectivity index (χ2v) is 7.09. The fraction of sp³-hybridized carbons (Fsp3) is 0.316. The lowest BCUT2D eigenvalue weighted by atomic mass is 10.2. The summed E-state index contributed by atoms with van der Waals surface area (Å²) in [5.74, 6) is 2.47. The van der Waals surface area contributed by atoms with E-state index in [1.807, 2.05) is 24.5 Å². The molecule has 0 saturated heterocycles. The number of benzene rings is 1. The molecule has 0 spiro atoms. The summed E-state index contributed by atoms with van der Waals surface area (Å²) in [6.07, 6.45) is 1.59. The second kappa shape index (κ2) is 8.83. The number of nitrogens with zero attached hydrogens (tertiary/aromatic N) is 3. The Balaban J connectivity index is 1.70. The Morgan fingerprint density at radius 3 is 2.71 bits per heavy atom. The molecule has 3 aromatic rings. The fourth-order valence-corrected chi connectivity index (χ4v) is 3.50. The first-order chi connectivity index (χ1) is 13.5. The summed E-state index contributed by atoms with van der Waals surface area (Å²) >= 11 is 1.31. The van der Waals surface area contributed by atoms with E-state index in [-0.39, 0.29) is 17.7 Å². The lowest BCUT2D eigenvalue weighted by molar-refractivity contribution is -0.113. The molecule has 0 aliphatic heterocycles. The molecule has 0 fully saturated rings. The van der Waals surface area contributed by atoms with Gasteiger partial charge >= 0.3 is 0 Å². The predicted octanol–water partition coefficient (Wildman–Crippen LogP) is 3.87. The average Bonchev–Trinajstić information content (AvgIpc) is 3.36. The van der Waals surface area contributed by atoms with E-state index in [2.05, 4.69) is 15.5 Å². The molecule has 8 nitrogen and oxygen atoms in total. The molecule has 3 rings (SSSR count). The van der Waals surface area contributed by atoms with E-state index in [1.54, 1.807) is 44.7 Å². The van der Waals surface area contributed by atoms with Crippen LogP contribution in [0.2, 0.25) is 0 Å². The zero-order valence-electron chi connectivity index (χ0n) is 16.1. The third-order valence-corrected chi connectivity index (χ3v) is 4.88. The number of furan rings is 1. The molecule has 1 aromatic carbocycles. The van der Waals surface area contributed by atoms with E-state index in [4.69, 9.17) is 13.9 Å². The first-order valence-corrected chi connectivity index (χ1v) is 9.65. The Hall–Kier alpha value is -2.94. The number of rotatable bonds is 8. The van der Waals surface area contributed by atoms with Crippen molar-refractivity contribution < 1.29 is 18.7 Å². The van der Waals surface area contributed by atoms with Crippen LogP contribution in [0.1, 0.15) is 19.9 Å². The monoisotopic (exact) mass is 402 g/mol. The number of carbonyl (C=O) groups is 1. The summed E-state index contributed by atoms with van der Waals surface area (Å²) in [5, 5.41) is 11.9. The number of hydrogen-bond donors (Lipinski definition) is 1. The van der Waals surface area contributed by atoms with E-state index < -0.39 is 0 Å². The average molecular weight is 402 g/mol. The lowest BCUT2D eigenvalue weighted by Crippen LogP contribution is -2.15. The number of amides is 1. The highest BCUT2D eigenvalue weighted by Gasteiger charge is 2.19. The van der Waals surface area contributed by atoms with Gasteiger partial charge in [0.2, 0.25) is 11.7 Å². The van der Waals surface area contributed by atoms with Crippen LogP contribution in [0.15, 0.2) is 46.2 Å². The third kappa shape index (κ3) is 4.30. The maximum atomic E-state index is 12.4. The first kappa shape index (κ1) is 19.8. The van der Waals surface area contributed by atoms with Crippen molar-refractivity contribution in [2.24, 2.45) is 0 Å². The van der Waals surface area contributed by atoms with Crippen molar-refractivity contribution in [1.29, 1.82) is 0 Å². The zero-order valence-corrected chi connectivity index (χ0v) is 16.9. The lowest BCUT2D eigenvalue weighted by Gasteiger charge is -2.13. The molecule has 0 atom stereocenters. The highest BCUT2D eigenvalue weighted by atomic mass is 32.2. The minimum atomic E-state index is -0.175. The smallest absolute Gasteiger partial charge is 0.234 e. The maximum Gasteiger partial charge on any atom is 0.234 e. The fourth-order valence-electron chi connectivity index (χ4n) is 2.63. The molecule has 0 unspecified atom stereocenters. The number of methoxy groups -OCH3 is 2. The van der Waals surface area contributed by atoms with Crippen molar-refractivity contribution in [3.63, 3.8) is 0 Å². The first-order valence-electron chi connectivity index (χ1n) is 8.67. The zero-order chi connectivity index (χ0) is 20.1. The molecule has 1 amide bonds. The number of ether oxygens (including phenoxy) is 2. The maximum absolute atomic E-state index is 12.4. The summed E-state index contributed by atoms with van der Waals surface area (Å²) in [4.78, 5) is 12.4. The standard InChI is InChI=1S/C19H22N4O4S/c1-12(2)23-18(15-6-5-9-27-15)21-22-19(23)28-11-17(24)20-14-8-7-13(25-3)10-16(14)26-4/h5-10,12H,11H2,1-4H3,(H,20,24). The van der Waals surface area contributed by atoms with Crippen molar-refractivity contribution in [2.75, 3.05) is 25.3 Å². The van der Waals surface area contributed by atoms with E-state index in [1.165, 1.54) is 11.8 Å². The molecule has 0 saturated carbocycles. The number of nitrogens with one attached hydrogen (secondary N) is 1. The van der Waals surface area contributed by atoms with Gasteiger partial charge in [0, 0.05) is 12.1 Å². The van der Waals surface area contributed by atoms with Crippen LogP contribution in [0.4, 0.5) is 5.69 Å². The van der Waals surface area contributed by atoms with Gasteiger partial charge in [0.25, 0.3) is 0 Å². The minimum Gasteiger partial charge on any atom is -0.497 e. The van der Waals surface area contributed by atoms with Gasteiger partial charge in [-0.05, 0) is 38.1 Å². The van der Waals surface area contributed by atoms with E-state index >= 15 is 0 Å². The van der Waals surface area contributed by atoms with Crippen LogP contribution in [0.5, 0.6) is 11.5 Å². The van der Waals surface area contributed by atoms with Gasteiger partial charge in [0.1, 0.15) is 11.5 Å². The van der Waals surface area contributed by atoms with Crippen LogP contribution < -0.4 is 14.8 Å². The number of aromatic nitrogens is 3. The summed E-state index contributed by atoms with van der Waals surface area (Å²) < 4.78 is 17.9. The van der Waals surface area contributed by atoms with Crippen molar-refractivity contribution in [2.45, 2.75) is 25.0 Å². The Morgan fingerprint density at radius 1 is 1.25 bits per heavy atom. The number of carbonyl (C=O) groups excluding carboxylic acids is 1. The van der Waals surface area contributed by atoms with E-state index in [0.717, 1.165) is 0 Å². The van der Waals surface area contributed by atoms with Crippen LogP contribution in [0, 0.1) is 0 Å². The van der Waals surface area contributed by atoms with Crippen LogP contribution in [0.25, 0.3) is 11.6 Å². The highest BCUT2D eigenvalue weighted by molar-refractivity contribution is 7.99. The number of thioether (sulfide) groups is 1.